The molecule has 0 aliphatic carbocycles. The molecular formula is C19H22FNO4S. The van der Waals surface area contributed by atoms with E-state index in [1.54, 1.807) is 12.1 Å². The lowest BCUT2D eigenvalue weighted by Gasteiger charge is -2.22. The molecule has 7 heteroatoms. The highest BCUT2D eigenvalue weighted by Gasteiger charge is 2.17. The van der Waals surface area contributed by atoms with Crippen LogP contribution in [0.4, 0.5) is 10.1 Å². The third-order valence-corrected chi connectivity index (χ3v) is 5.73. The summed E-state index contributed by atoms with van der Waals surface area (Å²) in [6.45, 7) is 3.71. The van der Waals surface area contributed by atoms with Gasteiger partial charge in [-0.05, 0) is 49.9 Å². The number of benzene rings is 2. The SMILES string of the molecule is Cc1ccc(S(=O)(=O)Nc2ccc(OCC3CCOCC3)c(F)c2)cc1. The first kappa shape index (κ1) is 18.7. The first-order valence-corrected chi connectivity index (χ1v) is 10.0. The van der Waals surface area contributed by atoms with Crippen molar-refractivity contribution in [1.82, 2.24) is 0 Å². The van der Waals surface area contributed by atoms with Crippen LogP contribution in [-0.4, -0.2) is 28.2 Å². The highest BCUT2D eigenvalue weighted by molar-refractivity contribution is 7.92. The third kappa shape index (κ3) is 4.74. The second kappa shape index (κ2) is 8.05. The Hall–Kier alpha value is -2.12. The Morgan fingerprint density at radius 3 is 2.50 bits per heavy atom. The minimum atomic E-state index is -3.76. The van der Waals surface area contributed by atoms with Crippen LogP contribution in [0.2, 0.25) is 0 Å². The molecule has 140 valence electrons. The molecule has 5 nitrogen and oxygen atoms in total. The van der Waals surface area contributed by atoms with E-state index < -0.39 is 15.8 Å². The smallest absolute Gasteiger partial charge is 0.261 e. The van der Waals surface area contributed by atoms with Gasteiger partial charge in [-0.3, -0.25) is 4.72 Å². The predicted octanol–water partition coefficient (Wildman–Crippen LogP) is 3.74. The maximum absolute atomic E-state index is 14.3. The zero-order valence-corrected chi connectivity index (χ0v) is 15.4. The Kier molecular flexibility index (Phi) is 5.78. The molecule has 26 heavy (non-hydrogen) atoms. The summed E-state index contributed by atoms with van der Waals surface area (Å²) >= 11 is 0. The molecule has 1 saturated heterocycles. The Balaban J connectivity index is 1.65. The van der Waals surface area contributed by atoms with Gasteiger partial charge < -0.3 is 9.47 Å². The summed E-state index contributed by atoms with van der Waals surface area (Å²) in [5.74, 6) is -0.126. The monoisotopic (exact) mass is 379 g/mol. The van der Waals surface area contributed by atoms with E-state index >= 15 is 0 Å². The summed E-state index contributed by atoms with van der Waals surface area (Å²) < 4.78 is 52.2. The lowest BCUT2D eigenvalue weighted by molar-refractivity contribution is 0.0492. The van der Waals surface area contributed by atoms with Crippen molar-refractivity contribution in [2.24, 2.45) is 5.92 Å². The van der Waals surface area contributed by atoms with Gasteiger partial charge in [0.25, 0.3) is 10.0 Å². The van der Waals surface area contributed by atoms with Gasteiger partial charge in [-0.25, -0.2) is 12.8 Å². The summed E-state index contributed by atoms with van der Waals surface area (Å²) in [4.78, 5) is 0.128. The maximum Gasteiger partial charge on any atom is 0.261 e. The van der Waals surface area contributed by atoms with E-state index in [2.05, 4.69) is 4.72 Å². The van der Waals surface area contributed by atoms with Crippen molar-refractivity contribution in [1.29, 1.82) is 0 Å². The van der Waals surface area contributed by atoms with E-state index in [4.69, 9.17) is 9.47 Å². The normalized spacial score (nSPS) is 15.6. The van der Waals surface area contributed by atoms with Gasteiger partial charge in [-0.15, -0.1) is 0 Å². The molecule has 0 aromatic heterocycles. The molecule has 0 saturated carbocycles. The standard InChI is InChI=1S/C19H22FNO4S/c1-14-2-5-17(6-3-14)26(22,23)21-16-4-7-19(18(20)12-16)25-13-15-8-10-24-11-9-15/h2-7,12,15,21H,8-11,13H2,1H3. The summed E-state index contributed by atoms with van der Waals surface area (Å²) in [5, 5.41) is 0. The van der Waals surface area contributed by atoms with Crippen LogP contribution < -0.4 is 9.46 Å². The molecule has 2 aromatic rings. The highest BCUT2D eigenvalue weighted by atomic mass is 32.2. The van der Waals surface area contributed by atoms with Gasteiger partial charge in [0.05, 0.1) is 17.2 Å². The zero-order valence-electron chi connectivity index (χ0n) is 14.6. The Morgan fingerprint density at radius 1 is 1.15 bits per heavy atom. The second-order valence-corrected chi connectivity index (χ2v) is 8.11. The number of nitrogens with one attached hydrogen (secondary N) is 1. The van der Waals surface area contributed by atoms with E-state index in [9.17, 15) is 12.8 Å². The molecule has 1 heterocycles. The molecule has 0 radical (unpaired) electrons. The van der Waals surface area contributed by atoms with Gasteiger partial charge in [0.2, 0.25) is 0 Å². The fraction of sp³-hybridized carbons (Fsp3) is 0.368. The minimum absolute atomic E-state index is 0.120. The molecule has 1 fully saturated rings. The van der Waals surface area contributed by atoms with Crippen molar-refractivity contribution >= 4 is 15.7 Å². The number of rotatable bonds is 6. The van der Waals surface area contributed by atoms with Crippen molar-refractivity contribution in [2.45, 2.75) is 24.7 Å². The lowest BCUT2D eigenvalue weighted by Crippen LogP contribution is -2.21. The highest BCUT2D eigenvalue weighted by Crippen LogP contribution is 2.25. The molecule has 0 bridgehead atoms. The average molecular weight is 379 g/mol. The number of hydrogen-bond donors (Lipinski definition) is 1. The lowest BCUT2D eigenvalue weighted by atomic mass is 10.0. The fourth-order valence-corrected chi connectivity index (χ4v) is 3.78. The maximum atomic E-state index is 14.3. The number of ether oxygens (including phenoxy) is 2. The molecule has 0 amide bonds. The summed E-state index contributed by atoms with van der Waals surface area (Å²) in [6.07, 6.45) is 1.80. The first-order valence-electron chi connectivity index (χ1n) is 8.53. The van der Waals surface area contributed by atoms with Crippen LogP contribution in [0.15, 0.2) is 47.4 Å². The number of anilines is 1. The first-order chi connectivity index (χ1) is 12.4. The van der Waals surface area contributed by atoms with Gasteiger partial charge in [-0.2, -0.15) is 0 Å². The Morgan fingerprint density at radius 2 is 1.85 bits per heavy atom. The third-order valence-electron chi connectivity index (χ3n) is 4.33. The van der Waals surface area contributed by atoms with Gasteiger partial charge in [0, 0.05) is 19.3 Å². The molecule has 1 aliphatic rings. The molecule has 0 unspecified atom stereocenters. The van der Waals surface area contributed by atoms with Gasteiger partial charge in [0.15, 0.2) is 11.6 Å². The molecular weight excluding hydrogens is 357 g/mol. The van der Waals surface area contributed by atoms with Crippen LogP contribution in [0.5, 0.6) is 5.75 Å². The second-order valence-electron chi connectivity index (χ2n) is 6.43. The van der Waals surface area contributed by atoms with Crippen molar-refractivity contribution in [3.63, 3.8) is 0 Å². The topological polar surface area (TPSA) is 64.6 Å². The van der Waals surface area contributed by atoms with Gasteiger partial charge in [-0.1, -0.05) is 17.7 Å². The molecule has 3 rings (SSSR count). The van der Waals surface area contributed by atoms with Crippen molar-refractivity contribution in [3.05, 3.63) is 53.8 Å². The average Bonchev–Trinajstić information content (AvgIpc) is 2.62. The number of hydrogen-bond acceptors (Lipinski definition) is 4. The predicted molar refractivity (Wildman–Crippen MR) is 97.4 cm³/mol. The Bertz CT molecular complexity index is 846. The van der Waals surface area contributed by atoms with Crippen LogP contribution in [0.25, 0.3) is 0 Å². The molecule has 0 atom stereocenters. The largest absolute Gasteiger partial charge is 0.490 e. The van der Waals surface area contributed by atoms with Crippen molar-refractivity contribution in [2.75, 3.05) is 24.5 Å². The summed E-state index contributed by atoms with van der Waals surface area (Å²) in [6, 6.07) is 10.5. The van der Waals surface area contributed by atoms with E-state index in [1.165, 1.54) is 24.3 Å². The van der Waals surface area contributed by atoms with Crippen LogP contribution in [0, 0.1) is 18.7 Å². The quantitative estimate of drug-likeness (QED) is 0.830. The van der Waals surface area contributed by atoms with Crippen LogP contribution in [0.1, 0.15) is 18.4 Å². The molecule has 1 aliphatic heterocycles. The number of aryl methyl sites for hydroxylation is 1. The van der Waals surface area contributed by atoms with Crippen LogP contribution >= 0.6 is 0 Å². The fourth-order valence-electron chi connectivity index (χ4n) is 2.73. The van der Waals surface area contributed by atoms with Gasteiger partial charge in [0.1, 0.15) is 0 Å². The Labute approximate surface area is 153 Å². The van der Waals surface area contributed by atoms with Crippen LogP contribution in [0.3, 0.4) is 0 Å². The van der Waals surface area contributed by atoms with Gasteiger partial charge >= 0.3 is 0 Å². The van der Waals surface area contributed by atoms with Crippen molar-refractivity contribution in [3.8, 4) is 5.75 Å². The zero-order chi connectivity index (χ0) is 18.6. The number of sulfonamides is 1. The van der Waals surface area contributed by atoms with Crippen molar-refractivity contribution < 1.29 is 22.3 Å². The van der Waals surface area contributed by atoms with Crippen LogP contribution in [-0.2, 0) is 14.8 Å². The number of halogens is 1. The molecule has 1 N–H and O–H groups in total. The van der Waals surface area contributed by atoms with E-state index in [-0.39, 0.29) is 16.3 Å². The van der Waals surface area contributed by atoms with E-state index in [0.717, 1.165) is 24.5 Å². The summed E-state index contributed by atoms with van der Waals surface area (Å²) in [5.41, 5.74) is 1.11. The molecule has 2 aromatic carbocycles. The van der Waals surface area contributed by atoms with E-state index in [0.29, 0.717) is 25.7 Å². The van der Waals surface area contributed by atoms with E-state index in [1.807, 2.05) is 6.92 Å². The molecule has 0 spiro atoms. The minimum Gasteiger partial charge on any atom is -0.490 e. The summed E-state index contributed by atoms with van der Waals surface area (Å²) in [7, 11) is -3.76.